The standard InChI is InChI=1S/C22H20N2O4S/c1-4-10-24-21(26)17(20(25)23-22(24)29)12-14-6-5-7-15(11-14)16-8-9-18(27-2)19(13-16)28-3/h4-9,11-13H,1,10H2,2-3H3,(H,23,25,29). The van der Waals surface area contributed by atoms with E-state index in [2.05, 4.69) is 11.9 Å². The van der Waals surface area contributed by atoms with Crippen LogP contribution in [0.4, 0.5) is 0 Å². The van der Waals surface area contributed by atoms with E-state index in [0.29, 0.717) is 17.1 Å². The van der Waals surface area contributed by atoms with Crippen molar-refractivity contribution in [3.05, 3.63) is 66.3 Å². The zero-order valence-corrected chi connectivity index (χ0v) is 16.9. The SMILES string of the molecule is C=CCN1C(=O)C(=Cc2cccc(-c3ccc(OC)c(OC)c3)c2)C(=O)NC1=S. The number of methoxy groups -OCH3 is 2. The van der Waals surface area contributed by atoms with Crippen molar-refractivity contribution in [2.24, 2.45) is 0 Å². The highest BCUT2D eigenvalue weighted by atomic mass is 32.1. The second-order valence-corrected chi connectivity index (χ2v) is 6.60. The van der Waals surface area contributed by atoms with E-state index in [-0.39, 0.29) is 17.2 Å². The van der Waals surface area contributed by atoms with E-state index in [1.165, 1.54) is 4.90 Å². The fourth-order valence-electron chi connectivity index (χ4n) is 2.98. The molecule has 6 nitrogen and oxygen atoms in total. The average molecular weight is 408 g/mol. The van der Waals surface area contributed by atoms with Gasteiger partial charge in [0.2, 0.25) is 0 Å². The van der Waals surface area contributed by atoms with Crippen LogP contribution in [0, 0.1) is 0 Å². The van der Waals surface area contributed by atoms with Gasteiger partial charge in [0.1, 0.15) is 5.57 Å². The van der Waals surface area contributed by atoms with Gasteiger partial charge in [0.15, 0.2) is 16.6 Å². The first-order chi connectivity index (χ1) is 14.0. The third-order valence-corrected chi connectivity index (χ3v) is 4.73. The molecule has 7 heteroatoms. The summed E-state index contributed by atoms with van der Waals surface area (Å²) in [5.74, 6) is 0.286. The number of carbonyl (C=O) groups is 2. The molecular formula is C22H20N2O4S. The number of nitrogens with one attached hydrogen (secondary N) is 1. The highest BCUT2D eigenvalue weighted by Gasteiger charge is 2.32. The van der Waals surface area contributed by atoms with Crippen LogP contribution in [0.1, 0.15) is 5.56 Å². The summed E-state index contributed by atoms with van der Waals surface area (Å²) >= 11 is 5.07. The molecule has 1 saturated heterocycles. The van der Waals surface area contributed by atoms with Gasteiger partial charge in [0, 0.05) is 6.54 Å². The number of hydrogen-bond acceptors (Lipinski definition) is 5. The Morgan fingerprint density at radius 3 is 2.48 bits per heavy atom. The molecule has 3 rings (SSSR count). The minimum absolute atomic E-state index is 0.0184. The number of hydrogen-bond donors (Lipinski definition) is 1. The number of ether oxygens (including phenoxy) is 2. The van der Waals surface area contributed by atoms with Crippen molar-refractivity contribution in [3.8, 4) is 22.6 Å². The van der Waals surface area contributed by atoms with Crippen molar-refractivity contribution in [3.63, 3.8) is 0 Å². The Hall–Kier alpha value is -3.45. The third-order valence-electron chi connectivity index (χ3n) is 4.41. The van der Waals surface area contributed by atoms with Crippen LogP contribution >= 0.6 is 12.2 Å². The van der Waals surface area contributed by atoms with Crippen molar-refractivity contribution < 1.29 is 19.1 Å². The minimum atomic E-state index is -0.517. The van der Waals surface area contributed by atoms with Crippen molar-refractivity contribution in [2.45, 2.75) is 0 Å². The van der Waals surface area contributed by atoms with Crippen LogP contribution in [0.3, 0.4) is 0 Å². The summed E-state index contributed by atoms with van der Waals surface area (Å²) in [6, 6.07) is 13.1. The van der Waals surface area contributed by atoms with Gasteiger partial charge in [-0.05, 0) is 53.2 Å². The van der Waals surface area contributed by atoms with Crippen molar-refractivity contribution in [1.82, 2.24) is 10.2 Å². The molecule has 0 atom stereocenters. The summed E-state index contributed by atoms with van der Waals surface area (Å²) in [6.45, 7) is 3.84. The number of carbonyl (C=O) groups excluding carboxylic acids is 2. The van der Waals surface area contributed by atoms with Crippen LogP contribution in [-0.4, -0.2) is 42.6 Å². The monoisotopic (exact) mass is 408 g/mol. The Bertz CT molecular complexity index is 1030. The molecule has 0 aromatic heterocycles. The maximum absolute atomic E-state index is 12.7. The molecule has 1 aliphatic rings. The summed E-state index contributed by atoms with van der Waals surface area (Å²) in [7, 11) is 3.16. The van der Waals surface area contributed by atoms with Gasteiger partial charge < -0.3 is 9.47 Å². The predicted molar refractivity (Wildman–Crippen MR) is 116 cm³/mol. The van der Waals surface area contributed by atoms with Crippen molar-refractivity contribution in [2.75, 3.05) is 20.8 Å². The van der Waals surface area contributed by atoms with E-state index < -0.39 is 11.8 Å². The van der Waals surface area contributed by atoms with Crippen LogP contribution in [0.5, 0.6) is 11.5 Å². The Labute approximate surface area is 174 Å². The molecule has 29 heavy (non-hydrogen) atoms. The summed E-state index contributed by atoms with van der Waals surface area (Å²) in [6.07, 6.45) is 3.11. The molecule has 1 N–H and O–H groups in total. The quantitative estimate of drug-likeness (QED) is 0.344. The fraction of sp³-hybridized carbons (Fsp3) is 0.136. The molecule has 1 heterocycles. The first-order valence-electron chi connectivity index (χ1n) is 8.80. The summed E-state index contributed by atoms with van der Waals surface area (Å²) in [4.78, 5) is 26.3. The summed E-state index contributed by atoms with van der Waals surface area (Å²) in [5.41, 5.74) is 2.55. The molecular weight excluding hydrogens is 388 g/mol. The lowest BCUT2D eigenvalue weighted by Gasteiger charge is -2.27. The molecule has 0 bridgehead atoms. The van der Waals surface area contributed by atoms with E-state index >= 15 is 0 Å². The van der Waals surface area contributed by atoms with Crippen LogP contribution in [0.15, 0.2) is 60.7 Å². The summed E-state index contributed by atoms with van der Waals surface area (Å²) < 4.78 is 10.6. The zero-order chi connectivity index (χ0) is 21.0. The average Bonchev–Trinajstić information content (AvgIpc) is 2.73. The molecule has 0 spiro atoms. The van der Waals surface area contributed by atoms with E-state index in [0.717, 1.165) is 11.1 Å². The molecule has 0 unspecified atom stereocenters. The molecule has 1 fully saturated rings. The Balaban J connectivity index is 1.97. The van der Waals surface area contributed by atoms with Crippen LogP contribution in [0.25, 0.3) is 17.2 Å². The van der Waals surface area contributed by atoms with Crippen molar-refractivity contribution >= 4 is 35.2 Å². The van der Waals surface area contributed by atoms with Gasteiger partial charge in [0.25, 0.3) is 11.8 Å². The van der Waals surface area contributed by atoms with Gasteiger partial charge in [0.05, 0.1) is 14.2 Å². The third kappa shape index (κ3) is 4.20. The van der Waals surface area contributed by atoms with E-state index in [9.17, 15) is 9.59 Å². The molecule has 2 aromatic carbocycles. The molecule has 0 aliphatic carbocycles. The second kappa shape index (κ2) is 8.70. The van der Waals surface area contributed by atoms with E-state index in [1.807, 2.05) is 42.5 Å². The van der Waals surface area contributed by atoms with Gasteiger partial charge in [-0.3, -0.25) is 19.8 Å². The molecule has 1 aliphatic heterocycles. The van der Waals surface area contributed by atoms with Crippen molar-refractivity contribution in [1.29, 1.82) is 0 Å². The lowest BCUT2D eigenvalue weighted by Crippen LogP contribution is -2.53. The number of thiocarbonyl (C=S) groups is 1. The lowest BCUT2D eigenvalue weighted by atomic mass is 10.0. The Morgan fingerprint density at radius 1 is 1.07 bits per heavy atom. The van der Waals surface area contributed by atoms with Crippen LogP contribution < -0.4 is 14.8 Å². The second-order valence-electron chi connectivity index (χ2n) is 6.22. The number of benzene rings is 2. The Morgan fingerprint density at radius 2 is 1.79 bits per heavy atom. The van der Waals surface area contributed by atoms with Gasteiger partial charge in [-0.25, -0.2) is 0 Å². The van der Waals surface area contributed by atoms with Crippen LogP contribution in [-0.2, 0) is 9.59 Å². The molecule has 0 saturated carbocycles. The summed E-state index contributed by atoms with van der Waals surface area (Å²) in [5, 5.41) is 2.62. The lowest BCUT2D eigenvalue weighted by molar-refractivity contribution is -0.128. The fourth-order valence-corrected chi connectivity index (χ4v) is 3.23. The normalized spacial score (nSPS) is 15.3. The molecule has 0 radical (unpaired) electrons. The maximum atomic E-state index is 12.7. The van der Waals surface area contributed by atoms with Gasteiger partial charge in [-0.1, -0.05) is 30.3 Å². The molecule has 2 aromatic rings. The Kier molecular flexibility index (Phi) is 6.09. The number of amides is 2. The first kappa shape index (κ1) is 20.3. The highest BCUT2D eigenvalue weighted by molar-refractivity contribution is 7.80. The number of rotatable bonds is 6. The van der Waals surface area contributed by atoms with Gasteiger partial charge in [-0.15, -0.1) is 6.58 Å². The van der Waals surface area contributed by atoms with Gasteiger partial charge >= 0.3 is 0 Å². The predicted octanol–water partition coefficient (Wildman–Crippen LogP) is 3.18. The maximum Gasteiger partial charge on any atom is 0.265 e. The largest absolute Gasteiger partial charge is 0.493 e. The van der Waals surface area contributed by atoms with E-state index in [4.69, 9.17) is 21.7 Å². The van der Waals surface area contributed by atoms with E-state index in [1.54, 1.807) is 26.4 Å². The molecule has 2 amide bonds. The molecule has 148 valence electrons. The topological polar surface area (TPSA) is 67.9 Å². The first-order valence-corrected chi connectivity index (χ1v) is 9.21. The van der Waals surface area contributed by atoms with Gasteiger partial charge in [-0.2, -0.15) is 0 Å². The van der Waals surface area contributed by atoms with Crippen LogP contribution in [0.2, 0.25) is 0 Å². The number of nitrogens with zero attached hydrogens (tertiary/aromatic N) is 1. The minimum Gasteiger partial charge on any atom is -0.493 e. The zero-order valence-electron chi connectivity index (χ0n) is 16.1. The highest BCUT2D eigenvalue weighted by Crippen LogP contribution is 2.32. The smallest absolute Gasteiger partial charge is 0.265 e.